The van der Waals surface area contributed by atoms with Crippen LogP contribution in [0.15, 0.2) is 0 Å². The number of nitrogens with one attached hydrogen (secondary N) is 2. The second-order valence-corrected chi connectivity index (χ2v) is 4.11. The Labute approximate surface area is 130 Å². The van der Waals surface area contributed by atoms with Crippen molar-refractivity contribution < 1.29 is 28.6 Å². The molecule has 0 saturated heterocycles. The van der Waals surface area contributed by atoms with E-state index >= 15 is 0 Å². The van der Waals surface area contributed by atoms with Crippen LogP contribution in [0.5, 0.6) is 0 Å². The van der Waals surface area contributed by atoms with Crippen LogP contribution in [0.4, 0.5) is 14.4 Å². The van der Waals surface area contributed by atoms with Crippen molar-refractivity contribution in [2.24, 2.45) is 11.1 Å². The van der Waals surface area contributed by atoms with Crippen LogP contribution in [0, 0.1) is 5.41 Å². The van der Waals surface area contributed by atoms with E-state index in [1.807, 2.05) is 13.8 Å². The smallest absolute Gasteiger partial charge is 0.406 e. The van der Waals surface area contributed by atoms with Gasteiger partial charge in [-0.25, -0.2) is 14.4 Å². The lowest BCUT2D eigenvalue weighted by Crippen LogP contribution is -2.41. The molecule has 0 unspecified atom stereocenters. The lowest BCUT2D eigenvalue weighted by atomic mass is 9.88. The van der Waals surface area contributed by atoms with Gasteiger partial charge in [-0.05, 0) is 6.42 Å². The Bertz CT molecular complexity index is 329. The molecule has 0 bridgehead atoms. The molecule has 0 heterocycles. The molecule has 9 heteroatoms. The van der Waals surface area contributed by atoms with E-state index in [0.717, 1.165) is 0 Å². The molecule has 0 saturated carbocycles. The number of primary amides is 1. The average molecular weight is 321 g/mol. The first-order chi connectivity index (χ1) is 10.4. The van der Waals surface area contributed by atoms with E-state index in [1.54, 1.807) is 6.92 Å². The summed E-state index contributed by atoms with van der Waals surface area (Å²) in [5.41, 5.74) is 4.06. The Kier molecular flexibility index (Phi) is 12.6. The van der Waals surface area contributed by atoms with Gasteiger partial charge >= 0.3 is 18.3 Å². The molecule has 130 valence electrons. The Hall–Kier alpha value is -2.19. The molecular formula is C13H27N3O6. The minimum Gasteiger partial charge on any atom is -0.449 e. The SMILES string of the molecule is CC.CCC(COC(N)=O)(COC(=O)NC)COC(=O)NC. The number of hydrogen-bond donors (Lipinski definition) is 3. The molecule has 0 rings (SSSR count). The maximum atomic E-state index is 11.1. The van der Waals surface area contributed by atoms with Gasteiger partial charge < -0.3 is 30.6 Å². The van der Waals surface area contributed by atoms with E-state index in [2.05, 4.69) is 10.6 Å². The topological polar surface area (TPSA) is 129 Å². The van der Waals surface area contributed by atoms with Crippen LogP contribution in [-0.4, -0.2) is 52.2 Å². The molecule has 0 aliphatic rings. The fourth-order valence-electron chi connectivity index (χ4n) is 1.24. The van der Waals surface area contributed by atoms with Gasteiger partial charge in [-0.2, -0.15) is 0 Å². The van der Waals surface area contributed by atoms with E-state index in [1.165, 1.54) is 14.1 Å². The maximum Gasteiger partial charge on any atom is 0.406 e. The van der Waals surface area contributed by atoms with E-state index in [-0.39, 0.29) is 19.8 Å². The van der Waals surface area contributed by atoms with Gasteiger partial charge in [0.15, 0.2) is 0 Å². The number of amides is 3. The first-order valence-electron chi connectivity index (χ1n) is 7.00. The molecule has 0 aromatic carbocycles. The third kappa shape index (κ3) is 9.67. The van der Waals surface area contributed by atoms with Gasteiger partial charge in [0.1, 0.15) is 19.8 Å². The summed E-state index contributed by atoms with van der Waals surface area (Å²) < 4.78 is 14.6. The molecule has 0 spiro atoms. The van der Waals surface area contributed by atoms with E-state index < -0.39 is 23.7 Å². The number of ether oxygens (including phenoxy) is 3. The molecule has 3 amide bonds. The van der Waals surface area contributed by atoms with Crippen LogP contribution >= 0.6 is 0 Å². The molecule has 0 aromatic rings. The second kappa shape index (κ2) is 12.5. The maximum absolute atomic E-state index is 11.1. The number of rotatable bonds is 7. The monoisotopic (exact) mass is 321 g/mol. The largest absolute Gasteiger partial charge is 0.449 e. The summed E-state index contributed by atoms with van der Waals surface area (Å²) in [5.74, 6) is 0. The van der Waals surface area contributed by atoms with Crippen LogP contribution < -0.4 is 16.4 Å². The Morgan fingerprint density at radius 2 is 1.27 bits per heavy atom. The number of alkyl carbamates (subject to hydrolysis) is 2. The van der Waals surface area contributed by atoms with Crippen molar-refractivity contribution >= 4 is 18.3 Å². The molecule has 0 aromatic heterocycles. The van der Waals surface area contributed by atoms with Crippen molar-refractivity contribution in [3.63, 3.8) is 0 Å². The van der Waals surface area contributed by atoms with Crippen molar-refractivity contribution in [3.05, 3.63) is 0 Å². The van der Waals surface area contributed by atoms with Gasteiger partial charge in [0.05, 0.1) is 5.41 Å². The predicted octanol–water partition coefficient (Wildman–Crippen LogP) is 1.22. The molecule has 0 atom stereocenters. The summed E-state index contributed by atoms with van der Waals surface area (Å²) in [4.78, 5) is 33.0. The predicted molar refractivity (Wildman–Crippen MR) is 80.4 cm³/mol. The van der Waals surface area contributed by atoms with Crippen molar-refractivity contribution in [2.45, 2.75) is 27.2 Å². The number of hydrogen-bond acceptors (Lipinski definition) is 6. The van der Waals surface area contributed by atoms with E-state index in [0.29, 0.717) is 6.42 Å². The summed E-state index contributed by atoms with van der Waals surface area (Å²) in [5, 5.41) is 4.58. The lowest BCUT2D eigenvalue weighted by molar-refractivity contribution is -0.0154. The average Bonchev–Trinajstić information content (AvgIpc) is 2.55. The van der Waals surface area contributed by atoms with Crippen LogP contribution in [0.1, 0.15) is 27.2 Å². The first-order valence-corrected chi connectivity index (χ1v) is 7.00. The van der Waals surface area contributed by atoms with Crippen LogP contribution in [0.3, 0.4) is 0 Å². The fraction of sp³-hybridized carbons (Fsp3) is 0.769. The van der Waals surface area contributed by atoms with Crippen molar-refractivity contribution in [3.8, 4) is 0 Å². The summed E-state index contributed by atoms with van der Waals surface area (Å²) in [7, 11) is 2.83. The van der Waals surface area contributed by atoms with Gasteiger partial charge in [-0.1, -0.05) is 20.8 Å². The van der Waals surface area contributed by atoms with E-state index in [9.17, 15) is 14.4 Å². The lowest BCUT2D eigenvalue weighted by Gasteiger charge is -2.30. The van der Waals surface area contributed by atoms with Crippen LogP contribution in [-0.2, 0) is 14.2 Å². The Balaban J connectivity index is 0. The van der Waals surface area contributed by atoms with Crippen LogP contribution in [0.25, 0.3) is 0 Å². The third-order valence-corrected chi connectivity index (χ3v) is 2.70. The Morgan fingerprint density at radius 1 is 0.909 bits per heavy atom. The Morgan fingerprint density at radius 3 is 1.55 bits per heavy atom. The molecule has 0 aliphatic carbocycles. The highest BCUT2D eigenvalue weighted by Crippen LogP contribution is 2.24. The number of nitrogens with two attached hydrogens (primary N) is 1. The van der Waals surface area contributed by atoms with Crippen LogP contribution in [0.2, 0.25) is 0 Å². The molecule has 4 N–H and O–H groups in total. The van der Waals surface area contributed by atoms with Gasteiger partial charge in [0.2, 0.25) is 0 Å². The standard InChI is InChI=1S/C11H21N3O6.C2H6/c1-4-11(5-18-8(12)15,6-19-9(16)13-2)7-20-10(17)14-3;1-2/h4-7H2,1-3H3,(H2,12,15)(H,13,16)(H,14,17);1-2H3. The van der Waals surface area contributed by atoms with Crippen molar-refractivity contribution in [1.82, 2.24) is 10.6 Å². The zero-order valence-electron chi connectivity index (χ0n) is 13.9. The molecule has 0 fully saturated rings. The number of carbonyl (C=O) groups is 3. The number of carbonyl (C=O) groups excluding carboxylic acids is 3. The quantitative estimate of drug-likeness (QED) is 0.605. The minimum atomic E-state index is -0.956. The molecule has 22 heavy (non-hydrogen) atoms. The second-order valence-electron chi connectivity index (χ2n) is 4.11. The molecule has 9 nitrogen and oxygen atoms in total. The highest BCUT2D eigenvalue weighted by molar-refractivity contribution is 5.67. The summed E-state index contributed by atoms with van der Waals surface area (Å²) in [6.45, 7) is 5.47. The molecule has 0 aliphatic heterocycles. The van der Waals surface area contributed by atoms with Gasteiger partial charge in [0, 0.05) is 14.1 Å². The van der Waals surface area contributed by atoms with Gasteiger partial charge in [-0.15, -0.1) is 0 Å². The molecule has 0 radical (unpaired) electrons. The summed E-state index contributed by atoms with van der Waals surface area (Å²) >= 11 is 0. The zero-order chi connectivity index (χ0) is 17.6. The zero-order valence-corrected chi connectivity index (χ0v) is 13.9. The highest BCUT2D eigenvalue weighted by Gasteiger charge is 2.33. The summed E-state index contributed by atoms with van der Waals surface area (Å²) in [6, 6.07) is 0. The van der Waals surface area contributed by atoms with Crippen molar-refractivity contribution in [1.29, 1.82) is 0 Å². The van der Waals surface area contributed by atoms with Gasteiger partial charge in [0.25, 0.3) is 0 Å². The van der Waals surface area contributed by atoms with E-state index in [4.69, 9.17) is 19.9 Å². The first kappa shape index (κ1) is 22.1. The minimum absolute atomic E-state index is 0.0898. The normalized spacial score (nSPS) is 9.68. The highest BCUT2D eigenvalue weighted by atomic mass is 16.6. The third-order valence-electron chi connectivity index (χ3n) is 2.70. The van der Waals surface area contributed by atoms with Crippen molar-refractivity contribution in [2.75, 3.05) is 33.9 Å². The fourth-order valence-corrected chi connectivity index (χ4v) is 1.24. The molecular weight excluding hydrogens is 294 g/mol. The van der Waals surface area contributed by atoms with Gasteiger partial charge in [-0.3, -0.25) is 0 Å². The summed E-state index contributed by atoms with van der Waals surface area (Å²) in [6.07, 6.45) is -1.79.